The predicted molar refractivity (Wildman–Crippen MR) is 78.5 cm³/mol. The van der Waals surface area contributed by atoms with E-state index in [1.807, 2.05) is 6.07 Å². The quantitative estimate of drug-likeness (QED) is 0.925. The highest BCUT2D eigenvalue weighted by Crippen LogP contribution is 2.29. The lowest BCUT2D eigenvalue weighted by Gasteiger charge is -2.24. The monoisotopic (exact) mass is 333 g/mol. The van der Waals surface area contributed by atoms with Gasteiger partial charge in [-0.1, -0.05) is 28.1 Å². The van der Waals surface area contributed by atoms with Gasteiger partial charge in [0.1, 0.15) is 5.82 Å². The first-order valence-electron chi connectivity index (χ1n) is 6.09. The standard InChI is InChI=1S/C16H13BrFNO/c1-16(20,13-4-2-3-11(7-13)10-19)9-12-8-14(18)5-6-15(12)17/h2-8,20H,9H2,1H3. The zero-order chi connectivity index (χ0) is 14.8. The first-order valence-corrected chi connectivity index (χ1v) is 6.88. The first kappa shape index (κ1) is 14.7. The molecular weight excluding hydrogens is 321 g/mol. The molecule has 0 radical (unpaired) electrons. The molecule has 0 spiro atoms. The van der Waals surface area contributed by atoms with Crippen LogP contribution in [0.2, 0.25) is 0 Å². The van der Waals surface area contributed by atoms with Gasteiger partial charge < -0.3 is 5.11 Å². The molecule has 0 aliphatic heterocycles. The third-order valence-corrected chi connectivity index (χ3v) is 3.93. The summed E-state index contributed by atoms with van der Waals surface area (Å²) in [5, 5.41) is 19.5. The van der Waals surface area contributed by atoms with Gasteiger partial charge in [-0.05, 0) is 48.4 Å². The van der Waals surface area contributed by atoms with Crippen molar-refractivity contribution in [2.45, 2.75) is 18.9 Å². The lowest BCUT2D eigenvalue weighted by Crippen LogP contribution is -2.24. The lowest BCUT2D eigenvalue weighted by atomic mass is 9.88. The maximum absolute atomic E-state index is 13.3. The van der Waals surface area contributed by atoms with Crippen molar-refractivity contribution >= 4 is 15.9 Å². The lowest BCUT2D eigenvalue weighted by molar-refractivity contribution is 0.0574. The SMILES string of the molecule is CC(O)(Cc1cc(F)ccc1Br)c1cccc(C#N)c1. The summed E-state index contributed by atoms with van der Waals surface area (Å²) in [5.41, 5.74) is 0.620. The van der Waals surface area contributed by atoms with Gasteiger partial charge in [0.15, 0.2) is 0 Å². The average Bonchev–Trinajstić information content (AvgIpc) is 2.43. The highest BCUT2D eigenvalue weighted by molar-refractivity contribution is 9.10. The smallest absolute Gasteiger partial charge is 0.123 e. The third kappa shape index (κ3) is 3.24. The van der Waals surface area contributed by atoms with Crippen LogP contribution in [0, 0.1) is 17.1 Å². The summed E-state index contributed by atoms with van der Waals surface area (Å²) in [6.07, 6.45) is 0.250. The Morgan fingerprint density at radius 2 is 2.05 bits per heavy atom. The molecule has 0 aliphatic rings. The second kappa shape index (κ2) is 5.74. The third-order valence-electron chi connectivity index (χ3n) is 3.16. The largest absolute Gasteiger partial charge is 0.385 e. The summed E-state index contributed by atoms with van der Waals surface area (Å²) in [4.78, 5) is 0. The average molecular weight is 334 g/mol. The van der Waals surface area contributed by atoms with Crippen LogP contribution in [-0.4, -0.2) is 5.11 Å². The van der Waals surface area contributed by atoms with Crippen molar-refractivity contribution in [3.8, 4) is 6.07 Å². The van der Waals surface area contributed by atoms with Gasteiger partial charge in [-0.25, -0.2) is 4.39 Å². The van der Waals surface area contributed by atoms with Crippen molar-refractivity contribution in [1.82, 2.24) is 0 Å². The summed E-state index contributed by atoms with van der Waals surface area (Å²) in [6, 6.07) is 13.2. The second-order valence-corrected chi connectivity index (χ2v) is 5.73. The fourth-order valence-electron chi connectivity index (χ4n) is 2.08. The van der Waals surface area contributed by atoms with Gasteiger partial charge in [0.25, 0.3) is 0 Å². The van der Waals surface area contributed by atoms with Crippen molar-refractivity contribution in [3.05, 3.63) is 69.4 Å². The Hall–Kier alpha value is -1.70. The predicted octanol–water partition coefficient (Wildman–Crippen LogP) is 3.91. The van der Waals surface area contributed by atoms with E-state index >= 15 is 0 Å². The Labute approximate surface area is 125 Å². The molecule has 20 heavy (non-hydrogen) atoms. The maximum Gasteiger partial charge on any atom is 0.123 e. The fourth-order valence-corrected chi connectivity index (χ4v) is 2.46. The Morgan fingerprint density at radius 1 is 1.30 bits per heavy atom. The molecule has 1 unspecified atom stereocenters. The highest BCUT2D eigenvalue weighted by atomic mass is 79.9. The van der Waals surface area contributed by atoms with Gasteiger partial charge in [-0.2, -0.15) is 5.26 Å². The Kier molecular flexibility index (Phi) is 4.22. The number of nitriles is 1. The molecule has 0 heterocycles. The summed E-state index contributed by atoms with van der Waals surface area (Å²) in [6.45, 7) is 1.65. The molecular formula is C16H13BrFNO. The molecule has 2 aromatic carbocycles. The summed E-state index contributed by atoms with van der Waals surface area (Å²) >= 11 is 3.35. The molecule has 102 valence electrons. The van der Waals surface area contributed by atoms with E-state index in [-0.39, 0.29) is 12.2 Å². The van der Waals surface area contributed by atoms with Crippen LogP contribution in [0.25, 0.3) is 0 Å². The van der Waals surface area contributed by atoms with E-state index < -0.39 is 5.60 Å². The number of aliphatic hydroxyl groups is 1. The maximum atomic E-state index is 13.3. The van der Waals surface area contributed by atoms with Gasteiger partial charge in [-0.3, -0.25) is 0 Å². The Balaban J connectivity index is 2.35. The molecule has 2 nitrogen and oxygen atoms in total. The highest BCUT2D eigenvalue weighted by Gasteiger charge is 2.25. The normalized spacial score (nSPS) is 13.6. The molecule has 1 atom stereocenters. The molecule has 0 aliphatic carbocycles. The van der Waals surface area contributed by atoms with E-state index in [9.17, 15) is 9.50 Å². The van der Waals surface area contributed by atoms with E-state index in [2.05, 4.69) is 15.9 Å². The van der Waals surface area contributed by atoms with Crippen molar-refractivity contribution in [1.29, 1.82) is 5.26 Å². The van der Waals surface area contributed by atoms with Crippen LogP contribution in [0.4, 0.5) is 4.39 Å². The number of halogens is 2. The fraction of sp³-hybridized carbons (Fsp3) is 0.188. The topological polar surface area (TPSA) is 44.0 Å². The van der Waals surface area contributed by atoms with Crippen molar-refractivity contribution in [3.63, 3.8) is 0 Å². The number of hydrogen-bond donors (Lipinski definition) is 1. The molecule has 2 aromatic rings. The van der Waals surface area contributed by atoms with Crippen molar-refractivity contribution in [2.24, 2.45) is 0 Å². The van der Waals surface area contributed by atoms with Crippen LogP contribution in [-0.2, 0) is 12.0 Å². The molecule has 0 fully saturated rings. The molecule has 0 saturated heterocycles. The molecule has 0 saturated carbocycles. The second-order valence-electron chi connectivity index (χ2n) is 4.88. The minimum absolute atomic E-state index is 0.250. The van der Waals surface area contributed by atoms with Crippen LogP contribution < -0.4 is 0 Å². The van der Waals surface area contributed by atoms with E-state index in [0.29, 0.717) is 16.7 Å². The molecule has 1 N–H and O–H groups in total. The zero-order valence-corrected chi connectivity index (χ0v) is 12.5. The number of hydrogen-bond acceptors (Lipinski definition) is 2. The van der Waals surface area contributed by atoms with Gasteiger partial charge in [0, 0.05) is 10.9 Å². The minimum atomic E-state index is -1.18. The first-order chi connectivity index (χ1) is 9.42. The van der Waals surface area contributed by atoms with Crippen LogP contribution in [0.3, 0.4) is 0 Å². The van der Waals surface area contributed by atoms with Crippen LogP contribution in [0.5, 0.6) is 0 Å². The number of rotatable bonds is 3. The molecule has 0 amide bonds. The van der Waals surface area contributed by atoms with Gasteiger partial charge >= 0.3 is 0 Å². The molecule has 2 rings (SSSR count). The number of benzene rings is 2. The molecule has 4 heteroatoms. The van der Waals surface area contributed by atoms with Crippen LogP contribution in [0.1, 0.15) is 23.6 Å². The van der Waals surface area contributed by atoms with Crippen LogP contribution >= 0.6 is 15.9 Å². The van der Waals surface area contributed by atoms with Crippen LogP contribution in [0.15, 0.2) is 46.9 Å². The van der Waals surface area contributed by atoms with Gasteiger partial charge in [0.2, 0.25) is 0 Å². The summed E-state index contributed by atoms with van der Waals surface area (Å²) in [7, 11) is 0. The Morgan fingerprint density at radius 3 is 2.75 bits per heavy atom. The van der Waals surface area contributed by atoms with Gasteiger partial charge in [-0.15, -0.1) is 0 Å². The zero-order valence-electron chi connectivity index (χ0n) is 10.9. The van der Waals surface area contributed by atoms with Crippen molar-refractivity contribution < 1.29 is 9.50 Å². The van der Waals surface area contributed by atoms with Crippen molar-refractivity contribution in [2.75, 3.05) is 0 Å². The minimum Gasteiger partial charge on any atom is -0.385 e. The molecule has 0 bridgehead atoms. The van der Waals surface area contributed by atoms with E-state index in [1.54, 1.807) is 37.3 Å². The summed E-state index contributed by atoms with van der Waals surface area (Å²) in [5.74, 6) is -0.343. The molecule has 0 aromatic heterocycles. The summed E-state index contributed by atoms with van der Waals surface area (Å²) < 4.78 is 14.0. The van der Waals surface area contributed by atoms with E-state index in [0.717, 1.165) is 4.47 Å². The van der Waals surface area contributed by atoms with E-state index in [1.165, 1.54) is 12.1 Å². The number of nitrogens with zero attached hydrogens (tertiary/aromatic N) is 1. The van der Waals surface area contributed by atoms with Gasteiger partial charge in [0.05, 0.1) is 17.2 Å². The van der Waals surface area contributed by atoms with E-state index in [4.69, 9.17) is 5.26 Å². The Bertz CT molecular complexity index is 676.